The van der Waals surface area contributed by atoms with Gasteiger partial charge >= 0.3 is 6.03 Å². The molecule has 0 aliphatic rings. The molecule has 0 saturated carbocycles. The van der Waals surface area contributed by atoms with E-state index in [9.17, 15) is 14.9 Å². The van der Waals surface area contributed by atoms with E-state index in [0.717, 1.165) is 0 Å². The van der Waals surface area contributed by atoms with Crippen LogP contribution in [-0.4, -0.2) is 23.4 Å². The lowest BCUT2D eigenvalue weighted by molar-refractivity contribution is -0.384. The fourth-order valence-corrected chi connectivity index (χ4v) is 1.13. The van der Waals surface area contributed by atoms with Crippen LogP contribution in [0, 0.1) is 10.1 Å². The number of hydrogen-bond acceptors (Lipinski definition) is 3. The Bertz CT molecular complexity index is 397. The highest BCUT2D eigenvalue weighted by atomic mass is 35.5. The fourth-order valence-electron chi connectivity index (χ4n) is 1.03. The number of amides is 2. The molecule has 6 nitrogen and oxygen atoms in total. The Morgan fingerprint density at radius 2 is 2.25 bits per heavy atom. The summed E-state index contributed by atoms with van der Waals surface area (Å²) in [5.41, 5.74) is 0.288. The van der Waals surface area contributed by atoms with Gasteiger partial charge in [0.05, 0.1) is 4.92 Å². The first-order chi connectivity index (χ1) is 7.63. The van der Waals surface area contributed by atoms with Crippen molar-refractivity contribution in [1.82, 2.24) is 5.32 Å². The Morgan fingerprint density at radius 1 is 1.50 bits per heavy atom. The average molecular weight is 244 g/mol. The van der Waals surface area contributed by atoms with Crippen LogP contribution in [0.4, 0.5) is 16.2 Å². The zero-order valence-corrected chi connectivity index (χ0v) is 9.03. The third kappa shape index (κ3) is 3.74. The van der Waals surface area contributed by atoms with Crippen LogP contribution in [0.25, 0.3) is 0 Å². The van der Waals surface area contributed by atoms with Crippen molar-refractivity contribution in [1.29, 1.82) is 0 Å². The van der Waals surface area contributed by atoms with Gasteiger partial charge in [0.25, 0.3) is 5.69 Å². The maximum absolute atomic E-state index is 11.2. The molecule has 86 valence electrons. The number of non-ortho nitro benzene ring substituents is 1. The maximum Gasteiger partial charge on any atom is 0.319 e. The van der Waals surface area contributed by atoms with Crippen LogP contribution in [0.1, 0.15) is 0 Å². The molecule has 16 heavy (non-hydrogen) atoms. The second kappa shape index (κ2) is 5.92. The fraction of sp³-hybridized carbons (Fsp3) is 0.222. The number of nitro groups is 1. The molecule has 0 aromatic heterocycles. The summed E-state index contributed by atoms with van der Waals surface area (Å²) in [6, 6.07) is 5.24. The lowest BCUT2D eigenvalue weighted by Gasteiger charge is -2.05. The molecule has 1 aromatic rings. The molecule has 0 aliphatic carbocycles. The minimum atomic E-state index is -0.526. The monoisotopic (exact) mass is 243 g/mol. The van der Waals surface area contributed by atoms with Crippen molar-refractivity contribution in [3.8, 4) is 0 Å². The second-order valence-corrected chi connectivity index (χ2v) is 3.26. The molecular weight excluding hydrogens is 234 g/mol. The smallest absolute Gasteiger partial charge is 0.319 e. The number of hydrogen-bond donors (Lipinski definition) is 2. The van der Waals surface area contributed by atoms with Crippen molar-refractivity contribution >= 4 is 29.0 Å². The topological polar surface area (TPSA) is 84.3 Å². The summed E-state index contributed by atoms with van der Waals surface area (Å²) in [5.74, 6) is 0.308. The molecule has 2 N–H and O–H groups in total. The van der Waals surface area contributed by atoms with Gasteiger partial charge < -0.3 is 10.6 Å². The summed E-state index contributed by atoms with van der Waals surface area (Å²) < 4.78 is 0. The van der Waals surface area contributed by atoms with Crippen molar-refractivity contribution in [3.63, 3.8) is 0 Å². The number of nitrogens with zero attached hydrogens (tertiary/aromatic N) is 1. The van der Waals surface area contributed by atoms with Gasteiger partial charge in [-0.2, -0.15) is 0 Å². The summed E-state index contributed by atoms with van der Waals surface area (Å²) in [6.45, 7) is 0.336. The summed E-state index contributed by atoms with van der Waals surface area (Å²) in [5, 5.41) is 15.4. The third-order valence-corrected chi connectivity index (χ3v) is 1.88. The number of nitro benzene ring substituents is 1. The van der Waals surface area contributed by atoms with Crippen LogP contribution in [0.5, 0.6) is 0 Å². The molecule has 0 spiro atoms. The largest absolute Gasteiger partial charge is 0.337 e. The zero-order valence-electron chi connectivity index (χ0n) is 8.27. The van der Waals surface area contributed by atoms with Gasteiger partial charge in [-0.15, -0.1) is 11.6 Å². The van der Waals surface area contributed by atoms with E-state index in [2.05, 4.69) is 10.6 Å². The number of carbonyl (C=O) groups is 1. The predicted molar refractivity (Wildman–Crippen MR) is 60.8 cm³/mol. The van der Waals surface area contributed by atoms with E-state index in [1.54, 1.807) is 6.07 Å². The number of urea groups is 1. The van der Waals surface area contributed by atoms with Crippen LogP contribution >= 0.6 is 11.6 Å². The van der Waals surface area contributed by atoms with Crippen LogP contribution in [0.2, 0.25) is 0 Å². The first-order valence-corrected chi connectivity index (χ1v) is 5.02. The average Bonchev–Trinajstić information content (AvgIpc) is 2.26. The first-order valence-electron chi connectivity index (χ1n) is 4.49. The molecule has 0 saturated heterocycles. The highest BCUT2D eigenvalue weighted by Gasteiger charge is 2.07. The van der Waals surface area contributed by atoms with Gasteiger partial charge in [0.15, 0.2) is 0 Å². The van der Waals surface area contributed by atoms with Gasteiger partial charge in [-0.1, -0.05) is 6.07 Å². The molecule has 2 amide bonds. The molecule has 0 radical (unpaired) electrons. The van der Waals surface area contributed by atoms with Crippen molar-refractivity contribution < 1.29 is 9.72 Å². The molecule has 0 fully saturated rings. The predicted octanol–water partition coefficient (Wildman–Crippen LogP) is 1.96. The van der Waals surface area contributed by atoms with Gasteiger partial charge in [-0.3, -0.25) is 10.1 Å². The van der Waals surface area contributed by atoms with Crippen molar-refractivity contribution in [2.75, 3.05) is 17.7 Å². The normalized spacial score (nSPS) is 9.56. The molecular formula is C9H10ClN3O3. The molecule has 1 rings (SSSR count). The second-order valence-electron chi connectivity index (χ2n) is 2.88. The van der Waals surface area contributed by atoms with Crippen LogP contribution in [-0.2, 0) is 0 Å². The molecule has 1 aromatic carbocycles. The van der Waals surface area contributed by atoms with E-state index in [0.29, 0.717) is 18.1 Å². The van der Waals surface area contributed by atoms with E-state index in [-0.39, 0.29) is 5.69 Å². The van der Waals surface area contributed by atoms with Crippen LogP contribution in [0.3, 0.4) is 0 Å². The minimum Gasteiger partial charge on any atom is -0.337 e. The highest BCUT2D eigenvalue weighted by molar-refractivity contribution is 6.18. The Hall–Kier alpha value is -1.82. The van der Waals surface area contributed by atoms with E-state index in [4.69, 9.17) is 11.6 Å². The van der Waals surface area contributed by atoms with Gasteiger partial charge in [0.1, 0.15) is 0 Å². The van der Waals surface area contributed by atoms with Gasteiger partial charge in [-0.25, -0.2) is 4.79 Å². The Kier molecular flexibility index (Phi) is 4.53. The summed E-state index contributed by atoms with van der Waals surface area (Å²) in [6.07, 6.45) is 0. The lowest BCUT2D eigenvalue weighted by Crippen LogP contribution is -2.30. The van der Waals surface area contributed by atoms with Crippen LogP contribution < -0.4 is 10.6 Å². The summed E-state index contributed by atoms with van der Waals surface area (Å²) in [4.78, 5) is 21.1. The minimum absolute atomic E-state index is 0.0739. The SMILES string of the molecule is O=C(NCCCl)Nc1cccc([N+](=O)[O-])c1. The summed E-state index contributed by atoms with van der Waals surface area (Å²) >= 11 is 5.38. The molecule has 0 bridgehead atoms. The molecule has 0 heterocycles. The van der Waals surface area contributed by atoms with E-state index >= 15 is 0 Å². The van der Waals surface area contributed by atoms with E-state index in [1.165, 1.54) is 18.2 Å². The number of rotatable bonds is 4. The zero-order chi connectivity index (χ0) is 12.0. The number of carbonyl (C=O) groups excluding carboxylic acids is 1. The number of benzene rings is 1. The standard InChI is InChI=1S/C9H10ClN3O3/c10-4-5-11-9(14)12-7-2-1-3-8(6-7)13(15)16/h1-3,6H,4-5H2,(H2,11,12,14). The van der Waals surface area contributed by atoms with Crippen molar-refractivity contribution in [2.45, 2.75) is 0 Å². The third-order valence-electron chi connectivity index (χ3n) is 1.69. The van der Waals surface area contributed by atoms with E-state index in [1.807, 2.05) is 0 Å². The number of halogens is 1. The molecule has 0 aliphatic heterocycles. The van der Waals surface area contributed by atoms with Crippen LogP contribution in [0.15, 0.2) is 24.3 Å². The van der Waals surface area contributed by atoms with Crippen molar-refractivity contribution in [3.05, 3.63) is 34.4 Å². The Labute approximate surface area is 96.7 Å². The molecule has 0 unspecified atom stereocenters. The lowest BCUT2D eigenvalue weighted by atomic mass is 10.3. The van der Waals surface area contributed by atoms with E-state index < -0.39 is 11.0 Å². The number of anilines is 1. The number of alkyl halides is 1. The Morgan fingerprint density at radius 3 is 2.88 bits per heavy atom. The van der Waals surface area contributed by atoms with Gasteiger partial charge in [0, 0.05) is 30.2 Å². The summed E-state index contributed by atoms with van der Waals surface area (Å²) in [7, 11) is 0. The molecule has 7 heteroatoms. The number of nitrogens with one attached hydrogen (secondary N) is 2. The quantitative estimate of drug-likeness (QED) is 0.482. The van der Waals surface area contributed by atoms with Gasteiger partial charge in [0.2, 0.25) is 0 Å². The Balaban J connectivity index is 2.63. The molecule has 0 atom stereocenters. The van der Waals surface area contributed by atoms with Gasteiger partial charge in [-0.05, 0) is 6.07 Å². The first kappa shape index (κ1) is 12.3. The van der Waals surface area contributed by atoms with Crippen molar-refractivity contribution in [2.24, 2.45) is 0 Å². The highest BCUT2D eigenvalue weighted by Crippen LogP contribution is 2.16. The maximum atomic E-state index is 11.2.